The Bertz CT molecular complexity index is 751. The van der Waals surface area contributed by atoms with Crippen molar-refractivity contribution in [1.82, 2.24) is 9.78 Å². The maximum atomic E-state index is 11.5. The molecule has 0 aliphatic rings. The number of aromatic nitrogens is 2. The summed E-state index contributed by atoms with van der Waals surface area (Å²) in [6.45, 7) is 0.684. The summed E-state index contributed by atoms with van der Waals surface area (Å²) < 4.78 is 29.6. The zero-order valence-electron chi connectivity index (χ0n) is 10.9. The number of rotatable bonds is 6. The van der Waals surface area contributed by atoms with E-state index in [-0.39, 0.29) is 17.1 Å². The Morgan fingerprint density at radius 2 is 2.05 bits per heavy atom. The topological polar surface area (TPSA) is 85.0 Å². The van der Waals surface area contributed by atoms with Crippen LogP contribution in [0.1, 0.15) is 12.0 Å². The second-order valence-electron chi connectivity index (χ2n) is 4.15. The van der Waals surface area contributed by atoms with Crippen LogP contribution in [0.2, 0.25) is 0 Å². The van der Waals surface area contributed by atoms with E-state index in [0.717, 1.165) is 5.75 Å². The van der Waals surface area contributed by atoms with Crippen molar-refractivity contribution in [1.29, 1.82) is 5.26 Å². The normalized spacial score (nSPS) is 11.0. The molecule has 0 aliphatic carbocycles. The van der Waals surface area contributed by atoms with Crippen molar-refractivity contribution in [2.45, 2.75) is 18.0 Å². The van der Waals surface area contributed by atoms with Gasteiger partial charge in [-0.3, -0.25) is 4.68 Å². The Hall–Kier alpha value is -2.04. The van der Waals surface area contributed by atoms with E-state index in [9.17, 15) is 8.42 Å². The Kier molecular flexibility index (Phi) is 4.83. The zero-order chi connectivity index (χ0) is 15.3. The molecular formula is C13H12ClN3O3S. The van der Waals surface area contributed by atoms with Crippen LogP contribution in [-0.4, -0.2) is 24.8 Å². The minimum absolute atomic E-state index is 0.0611. The summed E-state index contributed by atoms with van der Waals surface area (Å²) in [6, 6.07) is 11.0. The maximum Gasteiger partial charge on any atom is 0.279 e. The van der Waals surface area contributed by atoms with Crippen LogP contribution in [-0.2, 0) is 15.6 Å². The maximum absolute atomic E-state index is 11.5. The predicted molar refractivity (Wildman–Crippen MR) is 76.5 cm³/mol. The Balaban J connectivity index is 1.98. The molecule has 1 aromatic carbocycles. The largest absolute Gasteiger partial charge is 0.494 e. The summed E-state index contributed by atoms with van der Waals surface area (Å²) in [5.74, 6) is 0.737. The van der Waals surface area contributed by atoms with Crippen LogP contribution in [0.15, 0.2) is 41.6 Å². The van der Waals surface area contributed by atoms with Crippen molar-refractivity contribution in [3.05, 3.63) is 42.1 Å². The van der Waals surface area contributed by atoms with Crippen molar-refractivity contribution in [2.75, 3.05) is 6.61 Å². The molecular weight excluding hydrogens is 314 g/mol. The average molecular weight is 326 g/mol. The molecule has 0 amide bonds. The number of nitrogens with zero attached hydrogens (tertiary/aromatic N) is 3. The summed E-state index contributed by atoms with van der Waals surface area (Å²) in [4.78, 5) is 0. The summed E-state index contributed by atoms with van der Waals surface area (Å²) in [5, 5.41) is 12.5. The van der Waals surface area contributed by atoms with Gasteiger partial charge in [0.05, 0.1) is 12.8 Å². The first-order valence-corrected chi connectivity index (χ1v) is 8.41. The summed E-state index contributed by atoms with van der Waals surface area (Å²) in [6.07, 6.45) is 1.72. The van der Waals surface area contributed by atoms with E-state index in [1.807, 2.05) is 30.3 Å². The zero-order valence-corrected chi connectivity index (χ0v) is 12.5. The average Bonchev–Trinajstić information content (AvgIpc) is 2.88. The van der Waals surface area contributed by atoms with Gasteiger partial charge in [-0.25, -0.2) is 8.42 Å². The fourth-order valence-electron chi connectivity index (χ4n) is 1.79. The van der Waals surface area contributed by atoms with Crippen molar-refractivity contribution in [2.24, 2.45) is 0 Å². The Morgan fingerprint density at radius 1 is 1.33 bits per heavy atom. The lowest BCUT2D eigenvalue weighted by Crippen LogP contribution is -2.11. The number of hydrogen-bond donors (Lipinski definition) is 0. The number of para-hydroxylation sites is 1. The van der Waals surface area contributed by atoms with E-state index in [1.54, 1.807) is 6.07 Å². The minimum atomic E-state index is -4.01. The van der Waals surface area contributed by atoms with Gasteiger partial charge in [-0.05, 0) is 12.1 Å². The van der Waals surface area contributed by atoms with Gasteiger partial charge in [0.1, 0.15) is 17.4 Å². The molecule has 1 aromatic heterocycles. The van der Waals surface area contributed by atoms with Gasteiger partial charge in [0.15, 0.2) is 5.03 Å². The van der Waals surface area contributed by atoms with E-state index in [2.05, 4.69) is 5.10 Å². The number of hydrogen-bond acceptors (Lipinski definition) is 5. The van der Waals surface area contributed by atoms with Crippen molar-refractivity contribution in [3.8, 4) is 11.8 Å². The Morgan fingerprint density at radius 3 is 2.67 bits per heavy atom. The predicted octanol–water partition coefficient (Wildman–Crippen LogP) is 2.15. The molecule has 0 atom stereocenters. The van der Waals surface area contributed by atoms with Crippen LogP contribution < -0.4 is 4.74 Å². The molecule has 0 bridgehead atoms. The third-order valence-electron chi connectivity index (χ3n) is 2.67. The fourth-order valence-corrected chi connectivity index (χ4v) is 3.03. The molecule has 2 aromatic rings. The highest BCUT2D eigenvalue weighted by atomic mass is 35.7. The van der Waals surface area contributed by atoms with Gasteiger partial charge in [-0.15, -0.1) is 0 Å². The fraction of sp³-hybridized carbons (Fsp3) is 0.231. The second kappa shape index (κ2) is 6.61. The van der Waals surface area contributed by atoms with Crippen molar-refractivity contribution < 1.29 is 13.2 Å². The van der Waals surface area contributed by atoms with Gasteiger partial charge in [-0.1, -0.05) is 18.2 Å². The van der Waals surface area contributed by atoms with E-state index >= 15 is 0 Å². The summed E-state index contributed by atoms with van der Waals surface area (Å²) in [5.41, 5.74) is -0.0611. The van der Waals surface area contributed by atoms with E-state index in [0.29, 0.717) is 13.0 Å². The van der Waals surface area contributed by atoms with Crippen LogP contribution in [0.3, 0.4) is 0 Å². The molecule has 8 heteroatoms. The molecule has 6 nitrogen and oxygen atoms in total. The SMILES string of the molecule is N#Cc1cnn(CCCOc2ccccc2)c1S(=O)(=O)Cl. The second-order valence-corrected chi connectivity index (χ2v) is 6.63. The lowest BCUT2D eigenvalue weighted by atomic mass is 10.3. The Labute approximate surface area is 126 Å². The van der Waals surface area contributed by atoms with E-state index in [4.69, 9.17) is 20.7 Å². The molecule has 0 saturated heterocycles. The highest BCUT2D eigenvalue weighted by Crippen LogP contribution is 2.19. The number of nitriles is 1. The van der Waals surface area contributed by atoms with Crippen LogP contribution in [0.5, 0.6) is 5.75 Å². The first kappa shape index (κ1) is 15.4. The van der Waals surface area contributed by atoms with Gasteiger partial charge in [0.25, 0.3) is 9.05 Å². The molecule has 0 aliphatic heterocycles. The van der Waals surface area contributed by atoms with Crippen LogP contribution >= 0.6 is 10.7 Å². The highest BCUT2D eigenvalue weighted by Gasteiger charge is 2.22. The first-order valence-electron chi connectivity index (χ1n) is 6.11. The van der Waals surface area contributed by atoms with Crippen molar-refractivity contribution in [3.63, 3.8) is 0 Å². The summed E-state index contributed by atoms with van der Waals surface area (Å²) >= 11 is 0. The van der Waals surface area contributed by atoms with E-state index in [1.165, 1.54) is 10.9 Å². The monoisotopic (exact) mass is 325 g/mol. The highest BCUT2D eigenvalue weighted by molar-refractivity contribution is 8.13. The molecule has 21 heavy (non-hydrogen) atoms. The molecule has 1 heterocycles. The van der Waals surface area contributed by atoms with Crippen LogP contribution in [0.4, 0.5) is 0 Å². The van der Waals surface area contributed by atoms with Gasteiger partial charge < -0.3 is 4.74 Å². The molecule has 0 spiro atoms. The standard InChI is InChI=1S/C13H12ClN3O3S/c14-21(18,19)13-11(9-15)10-16-17(13)7-4-8-20-12-5-2-1-3-6-12/h1-3,5-6,10H,4,7-8H2. The lowest BCUT2D eigenvalue weighted by molar-refractivity contribution is 0.296. The van der Waals surface area contributed by atoms with E-state index < -0.39 is 9.05 Å². The van der Waals surface area contributed by atoms with Crippen LogP contribution in [0, 0.1) is 11.3 Å². The number of benzene rings is 1. The molecule has 0 unspecified atom stereocenters. The van der Waals surface area contributed by atoms with Gasteiger partial charge >= 0.3 is 0 Å². The van der Waals surface area contributed by atoms with Crippen molar-refractivity contribution >= 4 is 19.7 Å². The number of aryl methyl sites for hydroxylation is 1. The first-order chi connectivity index (χ1) is 10.0. The third kappa shape index (κ3) is 3.97. The molecule has 110 valence electrons. The quantitative estimate of drug-likeness (QED) is 0.600. The molecule has 0 N–H and O–H groups in total. The molecule has 0 radical (unpaired) electrons. The molecule has 0 saturated carbocycles. The number of halogens is 1. The minimum Gasteiger partial charge on any atom is -0.494 e. The summed E-state index contributed by atoms with van der Waals surface area (Å²) in [7, 11) is 1.31. The lowest BCUT2D eigenvalue weighted by Gasteiger charge is -2.07. The van der Waals surface area contributed by atoms with Gasteiger partial charge in [0.2, 0.25) is 0 Å². The molecule has 2 rings (SSSR count). The smallest absolute Gasteiger partial charge is 0.279 e. The number of ether oxygens (including phenoxy) is 1. The third-order valence-corrected chi connectivity index (χ3v) is 4.00. The van der Waals surface area contributed by atoms with Gasteiger partial charge in [-0.2, -0.15) is 10.4 Å². The van der Waals surface area contributed by atoms with Gasteiger partial charge in [0, 0.05) is 23.6 Å². The van der Waals surface area contributed by atoms with Crippen LogP contribution in [0.25, 0.3) is 0 Å². The molecule has 0 fully saturated rings.